The zero-order valence-electron chi connectivity index (χ0n) is 19.9. The summed E-state index contributed by atoms with van der Waals surface area (Å²) in [6, 6.07) is 13.9. The largest absolute Gasteiger partial charge is 0.326 e. The number of benzene rings is 2. The minimum Gasteiger partial charge on any atom is -0.326 e. The third-order valence-electron chi connectivity index (χ3n) is 4.39. The molecule has 0 fully saturated rings. The predicted octanol–water partition coefficient (Wildman–Crippen LogP) is 2.71. The number of rotatable bonds is 10. The first-order valence-electron chi connectivity index (χ1n) is 10.7. The Morgan fingerprint density at radius 2 is 1.03 bits per heavy atom. The number of hydrogen-bond acceptors (Lipinski definition) is 7. The Bertz CT molecular complexity index is 1010. The Labute approximate surface area is 208 Å². The average molecular weight is 497 g/mol. The van der Waals surface area contributed by atoms with Gasteiger partial charge in [0.1, 0.15) is 0 Å². The Hall–Kier alpha value is -3.99. The van der Waals surface area contributed by atoms with Crippen molar-refractivity contribution in [1.82, 2.24) is 10.9 Å². The van der Waals surface area contributed by atoms with Gasteiger partial charge in [-0.1, -0.05) is 24.3 Å². The molecule has 2 aromatic carbocycles. The molecule has 184 valence electrons. The van der Waals surface area contributed by atoms with Gasteiger partial charge in [0.15, 0.2) is 0 Å². The minimum absolute atomic E-state index is 0.158. The highest BCUT2D eigenvalue weighted by Crippen LogP contribution is 2.18. The lowest BCUT2D eigenvalue weighted by Gasteiger charge is -2.14. The molecular formula is C24H28N6O4S. The molecule has 0 spiro atoms. The summed E-state index contributed by atoms with van der Waals surface area (Å²) in [5.74, 6) is -1.00. The summed E-state index contributed by atoms with van der Waals surface area (Å²) in [5.41, 5.74) is 7.74. The molecular weight excluding hydrogens is 468 g/mol. The Balaban J connectivity index is 1.76. The zero-order chi connectivity index (χ0) is 25.8. The number of hydrazone groups is 2. The van der Waals surface area contributed by atoms with Crippen molar-refractivity contribution in [3.8, 4) is 0 Å². The van der Waals surface area contributed by atoms with Gasteiger partial charge >= 0.3 is 0 Å². The summed E-state index contributed by atoms with van der Waals surface area (Å²) in [6.07, 6.45) is 2.97. The highest BCUT2D eigenvalue weighted by atomic mass is 32.2. The van der Waals surface area contributed by atoms with Crippen LogP contribution in [0.15, 0.2) is 58.7 Å². The number of hydrogen-bond donors (Lipinski definition) is 4. The van der Waals surface area contributed by atoms with Gasteiger partial charge in [-0.05, 0) is 49.2 Å². The summed E-state index contributed by atoms with van der Waals surface area (Å²) < 4.78 is 0. The van der Waals surface area contributed by atoms with Crippen LogP contribution in [0.4, 0.5) is 11.4 Å². The molecule has 35 heavy (non-hydrogen) atoms. The van der Waals surface area contributed by atoms with Crippen LogP contribution in [0.5, 0.6) is 0 Å². The van der Waals surface area contributed by atoms with Crippen LogP contribution in [0.25, 0.3) is 0 Å². The number of anilines is 2. The topological polar surface area (TPSA) is 141 Å². The van der Waals surface area contributed by atoms with Crippen molar-refractivity contribution >= 4 is 59.2 Å². The van der Waals surface area contributed by atoms with Gasteiger partial charge in [-0.25, -0.2) is 10.9 Å². The second-order valence-electron chi connectivity index (χ2n) is 7.50. The van der Waals surface area contributed by atoms with Crippen molar-refractivity contribution in [3.63, 3.8) is 0 Å². The molecule has 0 bridgehead atoms. The molecule has 0 aliphatic rings. The van der Waals surface area contributed by atoms with Gasteiger partial charge in [0.25, 0.3) is 11.8 Å². The highest BCUT2D eigenvalue weighted by Gasteiger charge is 2.21. The molecule has 2 aromatic rings. The van der Waals surface area contributed by atoms with Crippen LogP contribution >= 0.6 is 11.8 Å². The first-order chi connectivity index (χ1) is 16.6. The number of thioether (sulfide) groups is 1. The lowest BCUT2D eigenvalue weighted by molar-refractivity contribution is -0.120. The van der Waals surface area contributed by atoms with Gasteiger partial charge < -0.3 is 10.6 Å². The van der Waals surface area contributed by atoms with Crippen molar-refractivity contribution in [1.29, 1.82) is 0 Å². The molecule has 0 aliphatic heterocycles. The van der Waals surface area contributed by atoms with E-state index in [1.54, 1.807) is 62.4 Å². The maximum Gasteiger partial charge on any atom is 0.252 e. The summed E-state index contributed by atoms with van der Waals surface area (Å²) in [7, 11) is 0. The van der Waals surface area contributed by atoms with E-state index in [2.05, 4.69) is 31.7 Å². The van der Waals surface area contributed by atoms with Crippen molar-refractivity contribution in [2.75, 3.05) is 10.6 Å². The second kappa shape index (κ2) is 13.7. The van der Waals surface area contributed by atoms with E-state index in [4.69, 9.17) is 0 Å². The van der Waals surface area contributed by atoms with Gasteiger partial charge in [0.05, 0.1) is 22.9 Å². The van der Waals surface area contributed by atoms with Crippen molar-refractivity contribution < 1.29 is 19.2 Å². The Morgan fingerprint density at radius 1 is 0.686 bits per heavy atom. The number of nitrogens with zero attached hydrogens (tertiary/aromatic N) is 2. The first-order valence-corrected chi connectivity index (χ1v) is 11.6. The van der Waals surface area contributed by atoms with Crippen LogP contribution in [-0.2, 0) is 19.2 Å². The highest BCUT2D eigenvalue weighted by molar-refractivity contribution is 8.01. The molecule has 2 rings (SSSR count). The van der Waals surface area contributed by atoms with E-state index < -0.39 is 10.5 Å². The standard InChI is InChI=1S/C24H28N6O4S/c1-15(23(33)29-25-13-19-5-9-21(10-6-19)27-17(3)31)35-16(2)24(34)30-26-14-20-7-11-22(12-8-20)28-18(4)32/h5-16H,1-4H3,(H,27,31)(H,28,32)(H,29,33)(H,30,34)/b25-13+,26-14+. The van der Waals surface area contributed by atoms with Crippen molar-refractivity contribution in [2.45, 2.75) is 38.2 Å². The molecule has 0 aromatic heterocycles. The average Bonchev–Trinajstić information content (AvgIpc) is 2.80. The maximum atomic E-state index is 12.3. The van der Waals surface area contributed by atoms with E-state index in [1.807, 2.05) is 0 Å². The van der Waals surface area contributed by atoms with Crippen LogP contribution in [0.3, 0.4) is 0 Å². The van der Waals surface area contributed by atoms with Crippen molar-refractivity contribution in [2.24, 2.45) is 10.2 Å². The summed E-state index contributed by atoms with van der Waals surface area (Å²) in [6.45, 7) is 6.22. The van der Waals surface area contributed by atoms with Gasteiger partial charge in [-0.3, -0.25) is 19.2 Å². The molecule has 2 atom stereocenters. The van der Waals surface area contributed by atoms with E-state index in [1.165, 1.54) is 38.0 Å². The molecule has 0 heterocycles. The van der Waals surface area contributed by atoms with Crippen LogP contribution in [-0.4, -0.2) is 46.6 Å². The fourth-order valence-electron chi connectivity index (χ4n) is 2.66. The number of carbonyl (C=O) groups is 4. The molecule has 0 saturated carbocycles. The molecule has 0 saturated heterocycles. The number of carbonyl (C=O) groups excluding carboxylic acids is 4. The first kappa shape index (κ1) is 27.3. The molecule has 10 nitrogen and oxygen atoms in total. The van der Waals surface area contributed by atoms with E-state index in [-0.39, 0.29) is 23.6 Å². The lowest BCUT2D eigenvalue weighted by Crippen LogP contribution is -2.33. The normalized spacial score (nSPS) is 12.7. The van der Waals surface area contributed by atoms with Gasteiger partial charge in [-0.15, -0.1) is 11.8 Å². The predicted molar refractivity (Wildman–Crippen MR) is 139 cm³/mol. The number of amides is 4. The third kappa shape index (κ3) is 10.2. The molecule has 4 amide bonds. The molecule has 11 heteroatoms. The van der Waals surface area contributed by atoms with Crippen LogP contribution in [0.2, 0.25) is 0 Å². The smallest absolute Gasteiger partial charge is 0.252 e. The van der Waals surface area contributed by atoms with Gasteiger partial charge in [0.2, 0.25) is 11.8 Å². The molecule has 0 aliphatic carbocycles. The SMILES string of the molecule is CC(=O)Nc1ccc(/C=N/NC(=O)C(C)SC(C)C(=O)N/N=C/c2ccc(NC(C)=O)cc2)cc1. The summed E-state index contributed by atoms with van der Waals surface area (Å²) >= 11 is 1.17. The van der Waals surface area contributed by atoms with Crippen LogP contribution in [0.1, 0.15) is 38.8 Å². The summed E-state index contributed by atoms with van der Waals surface area (Å²) in [4.78, 5) is 46.7. The van der Waals surface area contributed by atoms with Crippen molar-refractivity contribution in [3.05, 3.63) is 59.7 Å². The number of nitrogens with one attached hydrogen (secondary N) is 4. The monoisotopic (exact) mass is 496 g/mol. The van der Waals surface area contributed by atoms with Crippen LogP contribution < -0.4 is 21.5 Å². The third-order valence-corrected chi connectivity index (χ3v) is 5.63. The quantitative estimate of drug-likeness (QED) is 0.296. The fraction of sp³-hybridized carbons (Fsp3) is 0.250. The van der Waals surface area contributed by atoms with E-state index >= 15 is 0 Å². The molecule has 4 N–H and O–H groups in total. The second-order valence-corrected chi connectivity index (χ2v) is 9.18. The lowest BCUT2D eigenvalue weighted by atomic mass is 10.2. The fourth-order valence-corrected chi connectivity index (χ4v) is 3.63. The molecule has 0 radical (unpaired) electrons. The minimum atomic E-state index is -0.527. The van der Waals surface area contributed by atoms with E-state index in [0.29, 0.717) is 11.4 Å². The van der Waals surface area contributed by atoms with E-state index in [9.17, 15) is 19.2 Å². The van der Waals surface area contributed by atoms with E-state index in [0.717, 1.165) is 11.1 Å². The Kier molecular flexibility index (Phi) is 10.6. The van der Waals surface area contributed by atoms with Gasteiger partial charge in [0, 0.05) is 25.2 Å². The maximum absolute atomic E-state index is 12.3. The van der Waals surface area contributed by atoms with Crippen LogP contribution in [0, 0.1) is 0 Å². The zero-order valence-corrected chi connectivity index (χ0v) is 20.7. The van der Waals surface area contributed by atoms with Gasteiger partial charge in [-0.2, -0.15) is 10.2 Å². The Morgan fingerprint density at radius 3 is 1.34 bits per heavy atom. The molecule has 2 unspecified atom stereocenters. The summed E-state index contributed by atoms with van der Waals surface area (Å²) in [5, 5.41) is 12.2.